The Morgan fingerprint density at radius 2 is 1.61 bits per heavy atom. The Balaban J connectivity index is 0.00000162. The summed E-state index contributed by atoms with van der Waals surface area (Å²) in [5.74, 6) is 0.944. The minimum Gasteiger partial charge on any atom is -0.355 e. The Kier molecular flexibility index (Phi) is 7.68. The van der Waals surface area contributed by atoms with Crippen molar-refractivity contribution in [3.63, 3.8) is 0 Å². The van der Waals surface area contributed by atoms with E-state index in [-0.39, 0.29) is 18.3 Å². The molecule has 0 aromatic heterocycles. The maximum Gasteiger partial charge on any atom is 0.220 e. The van der Waals surface area contributed by atoms with Gasteiger partial charge < -0.3 is 10.6 Å². The third-order valence-corrected chi connectivity index (χ3v) is 3.91. The monoisotopic (exact) mass is 274 g/mol. The number of carbonyl (C=O) groups excluding carboxylic acids is 1. The molecule has 0 aromatic rings. The van der Waals surface area contributed by atoms with Crippen molar-refractivity contribution >= 4 is 18.3 Å². The highest BCUT2D eigenvalue weighted by Crippen LogP contribution is 2.31. The normalized spacial score (nSPS) is 20.9. The first-order chi connectivity index (χ1) is 8.34. The quantitative estimate of drug-likeness (QED) is 0.578. The Bertz CT molecular complexity index is 236. The molecule has 1 amide bonds. The van der Waals surface area contributed by atoms with E-state index in [0.29, 0.717) is 12.0 Å². The minimum absolute atomic E-state index is 0. The molecule has 0 saturated heterocycles. The molecule has 2 fully saturated rings. The molecule has 0 aliphatic heterocycles. The minimum atomic E-state index is 0. The van der Waals surface area contributed by atoms with Crippen LogP contribution in [0.2, 0.25) is 0 Å². The van der Waals surface area contributed by atoms with Crippen LogP contribution in [0.5, 0.6) is 0 Å². The van der Waals surface area contributed by atoms with Gasteiger partial charge in [0.1, 0.15) is 0 Å². The van der Waals surface area contributed by atoms with Crippen molar-refractivity contribution in [2.45, 2.75) is 63.8 Å². The number of rotatable bonds is 6. The lowest BCUT2D eigenvalue weighted by molar-refractivity contribution is -0.121. The Labute approximate surface area is 117 Å². The van der Waals surface area contributed by atoms with Crippen LogP contribution in [0.3, 0.4) is 0 Å². The highest BCUT2D eigenvalue weighted by molar-refractivity contribution is 5.85. The molecule has 2 saturated carbocycles. The molecular formula is C14H27ClN2O. The molecule has 2 aliphatic carbocycles. The predicted octanol–water partition coefficient (Wildman–Crippen LogP) is 2.64. The topological polar surface area (TPSA) is 41.1 Å². The highest BCUT2D eigenvalue weighted by Gasteiger charge is 2.23. The first-order valence-electron chi connectivity index (χ1n) is 7.34. The average molecular weight is 275 g/mol. The Morgan fingerprint density at radius 1 is 0.944 bits per heavy atom. The first-order valence-corrected chi connectivity index (χ1v) is 7.34. The van der Waals surface area contributed by atoms with Gasteiger partial charge in [0.05, 0.1) is 0 Å². The second-order valence-electron chi connectivity index (χ2n) is 5.64. The summed E-state index contributed by atoms with van der Waals surface area (Å²) in [5.41, 5.74) is 0. The van der Waals surface area contributed by atoms with Crippen LogP contribution in [0, 0.1) is 5.92 Å². The van der Waals surface area contributed by atoms with Crippen molar-refractivity contribution in [3.05, 3.63) is 0 Å². The lowest BCUT2D eigenvalue weighted by atomic mass is 10.1. The summed E-state index contributed by atoms with van der Waals surface area (Å²) >= 11 is 0. The molecule has 106 valence electrons. The summed E-state index contributed by atoms with van der Waals surface area (Å²) in [6.07, 6.45) is 11.4. The van der Waals surface area contributed by atoms with E-state index in [2.05, 4.69) is 10.6 Å². The summed E-state index contributed by atoms with van der Waals surface area (Å²) in [4.78, 5) is 11.5. The molecule has 0 unspecified atom stereocenters. The summed E-state index contributed by atoms with van der Waals surface area (Å²) in [6, 6.07) is 0.692. The van der Waals surface area contributed by atoms with E-state index in [9.17, 15) is 4.79 Å². The molecule has 2 N–H and O–H groups in total. The molecule has 0 heterocycles. The number of hydrogen-bond donors (Lipinski definition) is 2. The summed E-state index contributed by atoms with van der Waals surface area (Å²) in [5, 5.41) is 6.58. The second kappa shape index (κ2) is 8.76. The smallest absolute Gasteiger partial charge is 0.220 e. The summed E-state index contributed by atoms with van der Waals surface area (Å²) < 4.78 is 0. The van der Waals surface area contributed by atoms with Gasteiger partial charge in [-0.1, -0.05) is 25.7 Å². The van der Waals surface area contributed by atoms with Gasteiger partial charge in [0.2, 0.25) is 5.91 Å². The van der Waals surface area contributed by atoms with Crippen molar-refractivity contribution in [1.29, 1.82) is 0 Å². The van der Waals surface area contributed by atoms with Crippen LogP contribution >= 0.6 is 12.4 Å². The van der Waals surface area contributed by atoms with Crippen LogP contribution in [-0.4, -0.2) is 25.0 Å². The zero-order valence-corrected chi connectivity index (χ0v) is 12.1. The zero-order valence-electron chi connectivity index (χ0n) is 11.2. The maximum atomic E-state index is 11.5. The highest BCUT2D eigenvalue weighted by atomic mass is 35.5. The molecule has 0 bridgehead atoms. The van der Waals surface area contributed by atoms with Crippen LogP contribution < -0.4 is 10.6 Å². The van der Waals surface area contributed by atoms with E-state index in [1.54, 1.807) is 0 Å². The molecule has 0 aromatic carbocycles. The van der Waals surface area contributed by atoms with Crippen molar-refractivity contribution < 1.29 is 4.79 Å². The predicted molar refractivity (Wildman–Crippen MR) is 77.1 cm³/mol. The van der Waals surface area contributed by atoms with Crippen molar-refractivity contribution in [2.24, 2.45) is 5.92 Å². The number of halogens is 1. The van der Waals surface area contributed by atoms with Crippen LogP contribution in [0.1, 0.15) is 57.8 Å². The van der Waals surface area contributed by atoms with Gasteiger partial charge in [0.25, 0.3) is 0 Å². The third kappa shape index (κ3) is 6.60. The molecule has 0 spiro atoms. The lowest BCUT2D eigenvalue weighted by Crippen LogP contribution is -2.36. The van der Waals surface area contributed by atoms with Crippen LogP contribution in [-0.2, 0) is 4.79 Å². The average Bonchev–Trinajstić information content (AvgIpc) is 3.11. The molecule has 3 nitrogen and oxygen atoms in total. The van der Waals surface area contributed by atoms with Crippen molar-refractivity contribution in [3.8, 4) is 0 Å². The van der Waals surface area contributed by atoms with Crippen LogP contribution in [0.15, 0.2) is 0 Å². The summed E-state index contributed by atoms with van der Waals surface area (Å²) in [7, 11) is 0. The van der Waals surface area contributed by atoms with Gasteiger partial charge in [-0.3, -0.25) is 4.79 Å². The van der Waals surface area contributed by atoms with Gasteiger partial charge >= 0.3 is 0 Å². The standard InChI is InChI=1S/C14H26N2O.ClH/c17-14(11-12-7-8-12)16-10-9-15-13-5-3-1-2-4-6-13;/h12-13,15H,1-11H2,(H,16,17);1H. The van der Waals surface area contributed by atoms with E-state index in [1.807, 2.05) is 0 Å². The number of amides is 1. The number of carbonyl (C=O) groups is 1. The lowest BCUT2D eigenvalue weighted by Gasteiger charge is -2.16. The summed E-state index contributed by atoms with van der Waals surface area (Å²) in [6.45, 7) is 1.73. The molecule has 2 aliphatic rings. The molecular weight excluding hydrogens is 248 g/mol. The molecule has 0 atom stereocenters. The van der Waals surface area contributed by atoms with Gasteiger partial charge in [-0.25, -0.2) is 0 Å². The van der Waals surface area contributed by atoms with E-state index in [1.165, 1.54) is 51.4 Å². The molecule has 2 rings (SSSR count). The number of hydrogen-bond acceptors (Lipinski definition) is 2. The van der Waals surface area contributed by atoms with Crippen molar-refractivity contribution in [2.75, 3.05) is 13.1 Å². The Morgan fingerprint density at radius 3 is 2.22 bits per heavy atom. The Hall–Kier alpha value is -0.280. The fourth-order valence-electron chi connectivity index (χ4n) is 2.62. The fourth-order valence-corrected chi connectivity index (χ4v) is 2.62. The maximum absolute atomic E-state index is 11.5. The van der Waals surface area contributed by atoms with Gasteiger partial charge in [-0.05, 0) is 31.6 Å². The SMILES string of the molecule is Cl.O=C(CC1CC1)NCCNC1CCCCCC1. The van der Waals surface area contributed by atoms with E-state index in [0.717, 1.165) is 19.5 Å². The van der Waals surface area contributed by atoms with Crippen LogP contribution in [0.4, 0.5) is 0 Å². The first kappa shape index (κ1) is 15.8. The third-order valence-electron chi connectivity index (χ3n) is 3.91. The number of nitrogens with one attached hydrogen (secondary N) is 2. The molecule has 18 heavy (non-hydrogen) atoms. The largest absolute Gasteiger partial charge is 0.355 e. The van der Waals surface area contributed by atoms with Gasteiger partial charge in [-0.2, -0.15) is 0 Å². The van der Waals surface area contributed by atoms with E-state index in [4.69, 9.17) is 0 Å². The second-order valence-corrected chi connectivity index (χ2v) is 5.64. The van der Waals surface area contributed by atoms with E-state index >= 15 is 0 Å². The van der Waals surface area contributed by atoms with E-state index < -0.39 is 0 Å². The van der Waals surface area contributed by atoms with Crippen molar-refractivity contribution in [1.82, 2.24) is 10.6 Å². The van der Waals surface area contributed by atoms with Gasteiger partial charge in [0.15, 0.2) is 0 Å². The van der Waals surface area contributed by atoms with Crippen LogP contribution in [0.25, 0.3) is 0 Å². The fraction of sp³-hybridized carbons (Fsp3) is 0.929. The van der Waals surface area contributed by atoms with Gasteiger partial charge in [0, 0.05) is 25.6 Å². The molecule has 0 radical (unpaired) electrons. The molecule has 4 heteroatoms. The zero-order chi connectivity index (χ0) is 11.9. The van der Waals surface area contributed by atoms with Gasteiger partial charge in [-0.15, -0.1) is 12.4 Å².